The van der Waals surface area contributed by atoms with E-state index in [0.29, 0.717) is 45.0 Å². The van der Waals surface area contributed by atoms with Crippen molar-refractivity contribution < 1.29 is 13.2 Å². The van der Waals surface area contributed by atoms with Gasteiger partial charge in [-0.2, -0.15) is 0 Å². The summed E-state index contributed by atoms with van der Waals surface area (Å²) in [7, 11) is -3.35. The van der Waals surface area contributed by atoms with Crippen LogP contribution in [-0.4, -0.2) is 37.4 Å². The van der Waals surface area contributed by atoms with Crippen LogP contribution in [0, 0.1) is 23.2 Å². The fourth-order valence-electron chi connectivity index (χ4n) is 5.20. The molecule has 1 aromatic carbocycles. The number of nitrogens with one attached hydrogen (secondary N) is 1. The second-order valence-electron chi connectivity index (χ2n) is 9.24. The number of pyridine rings is 1. The van der Waals surface area contributed by atoms with Gasteiger partial charge in [-0.1, -0.05) is 32.0 Å². The number of fused-ring (bicyclic) bond motifs is 2. The molecular weight excluding hydrogens is 428 g/mol. The number of nitrogens with zero attached hydrogens (tertiary/aromatic N) is 1. The van der Waals surface area contributed by atoms with Crippen LogP contribution in [0.3, 0.4) is 0 Å². The maximum Gasteiger partial charge on any atom is 0.254 e. The second kappa shape index (κ2) is 8.94. The molecule has 0 radical (unpaired) electrons. The van der Waals surface area contributed by atoms with Crippen LogP contribution in [0.4, 0.5) is 0 Å². The zero-order chi connectivity index (χ0) is 22.1. The van der Waals surface area contributed by atoms with Crippen LogP contribution in [0.1, 0.15) is 43.5 Å². The lowest BCUT2D eigenvalue weighted by Crippen LogP contribution is -2.54. The molecule has 3 aliphatic rings. The van der Waals surface area contributed by atoms with E-state index in [9.17, 15) is 13.2 Å². The van der Waals surface area contributed by atoms with Gasteiger partial charge in [-0.25, -0.2) is 13.4 Å². The largest absolute Gasteiger partial charge is 0.352 e. The van der Waals surface area contributed by atoms with E-state index in [-0.39, 0.29) is 11.7 Å². The predicted octanol–water partition coefficient (Wildman–Crippen LogP) is 4.45. The number of hydrogen-bond acceptors (Lipinski definition) is 5. The molecule has 1 amide bonds. The van der Waals surface area contributed by atoms with Gasteiger partial charge in [-0.3, -0.25) is 4.79 Å². The summed E-state index contributed by atoms with van der Waals surface area (Å²) < 4.78 is 25.0. The van der Waals surface area contributed by atoms with Crippen LogP contribution in [-0.2, 0) is 9.84 Å². The Bertz CT molecular complexity index is 1040. The molecule has 2 aromatic rings. The van der Waals surface area contributed by atoms with Crippen LogP contribution >= 0.6 is 11.8 Å². The van der Waals surface area contributed by atoms with Crippen molar-refractivity contribution in [2.45, 2.75) is 43.0 Å². The highest BCUT2D eigenvalue weighted by Crippen LogP contribution is 2.61. The van der Waals surface area contributed by atoms with E-state index in [1.165, 1.54) is 31.0 Å². The minimum atomic E-state index is -3.35. The SMILES string of the molecule is CC1(C)[C@H]2CC[C@H](CNC(=O)c3cccnc3SCCS(=O)(=O)c3ccccc3)[C@H]1C2. The van der Waals surface area contributed by atoms with Crippen molar-refractivity contribution >= 4 is 27.5 Å². The number of benzene rings is 1. The first kappa shape index (κ1) is 22.3. The molecule has 3 saturated carbocycles. The van der Waals surface area contributed by atoms with Gasteiger partial charge < -0.3 is 5.32 Å². The van der Waals surface area contributed by atoms with E-state index in [2.05, 4.69) is 24.1 Å². The average Bonchev–Trinajstić information content (AvgIpc) is 2.78. The lowest BCUT2D eigenvalue weighted by molar-refractivity contribution is -0.103. The lowest BCUT2D eigenvalue weighted by Gasteiger charge is -2.60. The first-order valence-electron chi connectivity index (χ1n) is 10.9. The first-order chi connectivity index (χ1) is 14.8. The summed E-state index contributed by atoms with van der Waals surface area (Å²) in [6.07, 6.45) is 5.37. The minimum Gasteiger partial charge on any atom is -0.352 e. The van der Waals surface area contributed by atoms with E-state index >= 15 is 0 Å². The summed E-state index contributed by atoms with van der Waals surface area (Å²) in [6.45, 7) is 5.42. The number of thioether (sulfide) groups is 1. The summed E-state index contributed by atoms with van der Waals surface area (Å²) in [4.78, 5) is 17.6. The van der Waals surface area contributed by atoms with Crippen molar-refractivity contribution in [3.8, 4) is 0 Å². The summed E-state index contributed by atoms with van der Waals surface area (Å²) in [5.41, 5.74) is 0.916. The van der Waals surface area contributed by atoms with Gasteiger partial charge in [0, 0.05) is 18.5 Å². The van der Waals surface area contributed by atoms with Crippen molar-refractivity contribution in [3.05, 3.63) is 54.2 Å². The van der Waals surface area contributed by atoms with Gasteiger partial charge in [0.25, 0.3) is 5.91 Å². The van der Waals surface area contributed by atoms with Crippen LogP contribution in [0.5, 0.6) is 0 Å². The van der Waals surface area contributed by atoms with Gasteiger partial charge in [0.15, 0.2) is 9.84 Å². The van der Waals surface area contributed by atoms with Crippen LogP contribution < -0.4 is 5.32 Å². The van der Waals surface area contributed by atoms with E-state index in [0.717, 1.165) is 5.92 Å². The zero-order valence-corrected chi connectivity index (χ0v) is 19.7. The third-order valence-electron chi connectivity index (χ3n) is 7.24. The van der Waals surface area contributed by atoms with Gasteiger partial charge >= 0.3 is 0 Å². The molecule has 3 aliphatic carbocycles. The standard InChI is InChI=1S/C24H30N2O3S2/c1-24(2)18-11-10-17(21(24)15-18)16-26-22(27)20-9-6-12-25-23(20)30-13-14-31(28,29)19-7-4-3-5-8-19/h3-9,12,17-18,21H,10-11,13-16H2,1-2H3,(H,26,27)/t17-,18+,21-/m1/s1. The maximum absolute atomic E-state index is 12.9. The smallest absolute Gasteiger partial charge is 0.254 e. The Balaban J connectivity index is 1.34. The second-order valence-corrected chi connectivity index (χ2v) is 12.4. The molecule has 31 heavy (non-hydrogen) atoms. The summed E-state index contributed by atoms with van der Waals surface area (Å²) in [6, 6.07) is 12.0. The molecule has 0 spiro atoms. The van der Waals surface area contributed by atoms with Crippen molar-refractivity contribution in [1.82, 2.24) is 10.3 Å². The highest BCUT2D eigenvalue weighted by molar-refractivity contribution is 8.00. The van der Waals surface area contributed by atoms with Crippen LogP contribution in [0.15, 0.2) is 58.6 Å². The highest BCUT2D eigenvalue weighted by Gasteiger charge is 2.53. The van der Waals surface area contributed by atoms with Gasteiger partial charge in [-0.05, 0) is 66.7 Å². The number of amides is 1. The first-order valence-corrected chi connectivity index (χ1v) is 13.6. The molecule has 5 nitrogen and oxygen atoms in total. The lowest BCUT2D eigenvalue weighted by atomic mass is 9.45. The van der Waals surface area contributed by atoms with E-state index in [1.54, 1.807) is 48.7 Å². The van der Waals surface area contributed by atoms with Gasteiger partial charge in [0.2, 0.25) is 0 Å². The van der Waals surface area contributed by atoms with Crippen molar-refractivity contribution in [3.63, 3.8) is 0 Å². The molecule has 7 heteroatoms. The third kappa shape index (κ3) is 4.67. The Morgan fingerprint density at radius 3 is 2.65 bits per heavy atom. The molecule has 3 atom stereocenters. The Hall–Kier alpha value is -1.86. The molecule has 1 aromatic heterocycles. The molecule has 3 fully saturated rings. The summed E-state index contributed by atoms with van der Waals surface area (Å²) in [5, 5.41) is 3.70. The van der Waals surface area contributed by atoms with E-state index < -0.39 is 9.84 Å². The molecule has 1 heterocycles. The Labute approximate surface area is 189 Å². The van der Waals surface area contributed by atoms with Crippen molar-refractivity contribution in [2.24, 2.45) is 23.2 Å². The topological polar surface area (TPSA) is 76.1 Å². The average molecular weight is 459 g/mol. The number of aromatic nitrogens is 1. The molecule has 166 valence electrons. The normalized spacial score (nSPS) is 24.3. The number of carbonyl (C=O) groups excluding carboxylic acids is 1. The number of rotatable bonds is 8. The van der Waals surface area contributed by atoms with Crippen LogP contribution in [0.2, 0.25) is 0 Å². The molecule has 0 aliphatic heterocycles. The zero-order valence-electron chi connectivity index (χ0n) is 18.1. The van der Waals surface area contributed by atoms with Gasteiger partial charge in [-0.15, -0.1) is 11.8 Å². The Kier molecular flexibility index (Phi) is 6.44. The van der Waals surface area contributed by atoms with Crippen molar-refractivity contribution in [1.29, 1.82) is 0 Å². The number of carbonyl (C=O) groups is 1. The quantitative estimate of drug-likeness (QED) is 0.592. The highest BCUT2D eigenvalue weighted by atomic mass is 32.2. The van der Waals surface area contributed by atoms with Crippen molar-refractivity contribution in [2.75, 3.05) is 18.1 Å². The summed E-state index contributed by atoms with van der Waals surface area (Å²) in [5.74, 6) is 2.29. The van der Waals surface area contributed by atoms with E-state index in [1.807, 2.05) is 0 Å². The van der Waals surface area contributed by atoms with Crippen LogP contribution in [0.25, 0.3) is 0 Å². The fourth-order valence-corrected chi connectivity index (χ4v) is 7.86. The third-order valence-corrected chi connectivity index (χ3v) is 10.2. The maximum atomic E-state index is 12.9. The molecule has 0 saturated heterocycles. The van der Waals surface area contributed by atoms with Gasteiger partial charge in [0.1, 0.15) is 5.03 Å². The Morgan fingerprint density at radius 1 is 1.16 bits per heavy atom. The molecule has 2 bridgehead atoms. The summed E-state index contributed by atoms with van der Waals surface area (Å²) >= 11 is 1.32. The molecule has 0 unspecified atom stereocenters. The molecule has 5 rings (SSSR count). The molecule has 1 N–H and O–H groups in total. The number of sulfone groups is 1. The monoisotopic (exact) mass is 458 g/mol. The van der Waals surface area contributed by atoms with Gasteiger partial charge in [0.05, 0.1) is 16.2 Å². The predicted molar refractivity (Wildman–Crippen MR) is 124 cm³/mol. The van der Waals surface area contributed by atoms with E-state index in [4.69, 9.17) is 0 Å². The number of hydrogen-bond donors (Lipinski definition) is 1. The molecular formula is C24H30N2O3S2. The minimum absolute atomic E-state index is 0.000678. The fraction of sp³-hybridized carbons (Fsp3) is 0.500. The Morgan fingerprint density at radius 2 is 1.94 bits per heavy atom.